The maximum absolute atomic E-state index is 13.7. The highest BCUT2D eigenvalue weighted by Gasteiger charge is 2.42. The van der Waals surface area contributed by atoms with E-state index in [2.05, 4.69) is 6.58 Å². The minimum atomic E-state index is -0.858. The van der Waals surface area contributed by atoms with E-state index < -0.39 is 23.6 Å². The molecule has 1 fully saturated rings. The third-order valence-electron chi connectivity index (χ3n) is 5.68. The number of esters is 1. The van der Waals surface area contributed by atoms with Gasteiger partial charge in [0.15, 0.2) is 0 Å². The molecule has 0 radical (unpaired) electrons. The van der Waals surface area contributed by atoms with Crippen molar-refractivity contribution in [3.05, 3.63) is 120 Å². The quantitative estimate of drug-likeness (QED) is 0.324. The van der Waals surface area contributed by atoms with Crippen molar-refractivity contribution in [2.45, 2.75) is 38.8 Å². The summed E-state index contributed by atoms with van der Waals surface area (Å²) in [4.78, 5) is 28.4. The number of hydrazone groups is 1. The molecule has 36 heavy (non-hydrogen) atoms. The Kier molecular flexibility index (Phi) is 7.34. The van der Waals surface area contributed by atoms with Gasteiger partial charge in [0.1, 0.15) is 11.6 Å². The second kappa shape index (κ2) is 10.6. The fourth-order valence-corrected chi connectivity index (χ4v) is 4.09. The van der Waals surface area contributed by atoms with Crippen molar-refractivity contribution in [3.8, 4) is 0 Å². The summed E-state index contributed by atoms with van der Waals surface area (Å²) in [5.41, 5.74) is 3.15. The van der Waals surface area contributed by atoms with Crippen LogP contribution in [0, 0.1) is 0 Å². The topological polar surface area (TPSA) is 62.2 Å². The minimum Gasteiger partial charge on any atom is -0.458 e. The monoisotopic (exact) mass is 481 g/mol. The van der Waals surface area contributed by atoms with Crippen molar-refractivity contribution in [1.29, 1.82) is 0 Å². The van der Waals surface area contributed by atoms with Gasteiger partial charge in [-0.1, -0.05) is 97.6 Å². The Morgan fingerprint density at radius 1 is 0.917 bits per heavy atom. The Morgan fingerprint density at radius 2 is 1.42 bits per heavy atom. The van der Waals surface area contributed by atoms with Gasteiger partial charge in [-0.05, 0) is 26.3 Å². The maximum atomic E-state index is 13.7. The number of hydrogen-bond acceptors (Lipinski definition) is 4. The van der Waals surface area contributed by atoms with Crippen molar-refractivity contribution in [3.63, 3.8) is 0 Å². The SMILES string of the molecule is C=C1CN(N=C(c2ccccc2)c2ccccc2)C(=O)N1[C@H](Cc1ccccc1)C(=O)OC(C)(C)C. The number of carbonyl (C=O) groups is 2. The van der Waals surface area contributed by atoms with Gasteiger partial charge < -0.3 is 4.74 Å². The van der Waals surface area contributed by atoms with Gasteiger partial charge in [-0.2, -0.15) is 5.10 Å². The summed E-state index contributed by atoms with van der Waals surface area (Å²) in [6, 6.07) is 27.8. The highest BCUT2D eigenvalue weighted by molar-refractivity contribution is 6.13. The molecule has 2 amide bonds. The first-order chi connectivity index (χ1) is 17.2. The largest absolute Gasteiger partial charge is 0.458 e. The second-order valence-corrected chi connectivity index (χ2v) is 9.70. The summed E-state index contributed by atoms with van der Waals surface area (Å²) in [5.74, 6) is -0.474. The first-order valence-electron chi connectivity index (χ1n) is 12.0. The number of amides is 2. The second-order valence-electron chi connectivity index (χ2n) is 9.70. The first-order valence-corrected chi connectivity index (χ1v) is 12.0. The fourth-order valence-electron chi connectivity index (χ4n) is 4.09. The number of urea groups is 1. The molecule has 4 rings (SSSR count). The highest BCUT2D eigenvalue weighted by Crippen LogP contribution is 2.27. The molecule has 0 unspecified atom stereocenters. The van der Waals surface area contributed by atoms with Crippen LogP contribution in [0.15, 0.2) is 108 Å². The summed E-state index contributed by atoms with van der Waals surface area (Å²) in [6.07, 6.45) is 0.308. The molecule has 1 saturated heterocycles. The lowest BCUT2D eigenvalue weighted by Gasteiger charge is -2.29. The lowest BCUT2D eigenvalue weighted by molar-refractivity contribution is -0.159. The summed E-state index contributed by atoms with van der Waals surface area (Å²) in [6.45, 7) is 9.73. The van der Waals surface area contributed by atoms with Gasteiger partial charge in [-0.25, -0.2) is 14.6 Å². The minimum absolute atomic E-state index is 0.177. The van der Waals surface area contributed by atoms with Crippen LogP contribution >= 0.6 is 0 Å². The Labute approximate surface area is 212 Å². The molecule has 1 atom stereocenters. The van der Waals surface area contributed by atoms with Crippen LogP contribution in [0.5, 0.6) is 0 Å². The molecule has 0 aliphatic carbocycles. The van der Waals surface area contributed by atoms with Gasteiger partial charge in [-0.15, -0.1) is 0 Å². The highest BCUT2D eigenvalue weighted by atomic mass is 16.6. The van der Waals surface area contributed by atoms with E-state index in [9.17, 15) is 9.59 Å². The molecule has 184 valence electrons. The Bertz CT molecular complexity index is 1210. The van der Waals surface area contributed by atoms with E-state index in [0.717, 1.165) is 16.7 Å². The Balaban J connectivity index is 1.69. The summed E-state index contributed by atoms with van der Waals surface area (Å²) in [7, 11) is 0. The van der Waals surface area contributed by atoms with Crippen LogP contribution in [0.3, 0.4) is 0 Å². The average molecular weight is 482 g/mol. The zero-order chi connectivity index (χ0) is 25.7. The fraction of sp³-hybridized carbons (Fsp3) is 0.233. The van der Waals surface area contributed by atoms with Crippen molar-refractivity contribution in [2.75, 3.05) is 6.54 Å². The molecular weight excluding hydrogens is 450 g/mol. The molecule has 0 bridgehead atoms. The number of rotatable bonds is 7. The lowest BCUT2D eigenvalue weighted by Crippen LogP contribution is -2.46. The maximum Gasteiger partial charge on any atom is 0.345 e. The standard InChI is InChI=1S/C30H31N3O3/c1-22-21-32(31-27(24-16-10-6-11-17-24)25-18-12-7-13-19-25)29(35)33(22)26(28(34)36-30(2,3)4)20-23-14-8-5-9-15-23/h5-19,26H,1,20-21H2,2-4H3/t26-/m1/s1. The van der Waals surface area contributed by atoms with E-state index in [0.29, 0.717) is 17.8 Å². The van der Waals surface area contributed by atoms with Crippen LogP contribution < -0.4 is 0 Å². The normalized spacial score (nSPS) is 14.5. The van der Waals surface area contributed by atoms with E-state index in [1.54, 1.807) is 0 Å². The smallest absolute Gasteiger partial charge is 0.345 e. The number of carbonyl (C=O) groups excluding carboxylic acids is 2. The van der Waals surface area contributed by atoms with Crippen LogP contribution in [0.25, 0.3) is 0 Å². The average Bonchev–Trinajstić information content (AvgIpc) is 3.14. The summed E-state index contributed by atoms with van der Waals surface area (Å²) >= 11 is 0. The van der Waals surface area contributed by atoms with E-state index in [4.69, 9.17) is 9.84 Å². The predicted molar refractivity (Wildman–Crippen MR) is 141 cm³/mol. The van der Waals surface area contributed by atoms with Crippen LogP contribution in [0.4, 0.5) is 4.79 Å². The molecule has 3 aromatic rings. The van der Waals surface area contributed by atoms with E-state index in [1.165, 1.54) is 9.91 Å². The van der Waals surface area contributed by atoms with Crippen LogP contribution in [0.2, 0.25) is 0 Å². The Hall–Kier alpha value is -4.19. The van der Waals surface area contributed by atoms with Crippen LogP contribution in [-0.4, -0.2) is 45.8 Å². The molecule has 1 aliphatic rings. The van der Waals surface area contributed by atoms with Gasteiger partial charge in [-0.3, -0.25) is 4.90 Å². The number of hydrogen-bond donors (Lipinski definition) is 0. The molecule has 6 heteroatoms. The van der Waals surface area contributed by atoms with Crippen LogP contribution in [0.1, 0.15) is 37.5 Å². The number of ether oxygens (including phenoxy) is 1. The van der Waals surface area contributed by atoms with Crippen molar-refractivity contribution < 1.29 is 14.3 Å². The first kappa shape index (κ1) is 24.9. The molecule has 0 N–H and O–H groups in total. The zero-order valence-corrected chi connectivity index (χ0v) is 20.9. The molecule has 0 aromatic heterocycles. The van der Waals surface area contributed by atoms with Gasteiger partial charge in [0.2, 0.25) is 0 Å². The Morgan fingerprint density at radius 3 is 1.92 bits per heavy atom. The van der Waals surface area contributed by atoms with E-state index in [-0.39, 0.29) is 6.54 Å². The van der Waals surface area contributed by atoms with Gasteiger partial charge in [0, 0.05) is 23.2 Å². The molecule has 6 nitrogen and oxygen atoms in total. The predicted octanol–water partition coefficient (Wildman–Crippen LogP) is 5.64. The van der Waals surface area contributed by atoms with E-state index >= 15 is 0 Å². The number of nitrogens with zero attached hydrogens (tertiary/aromatic N) is 3. The summed E-state index contributed by atoms with van der Waals surface area (Å²) in [5, 5.41) is 6.14. The van der Waals surface area contributed by atoms with Crippen molar-refractivity contribution in [2.24, 2.45) is 5.10 Å². The zero-order valence-electron chi connectivity index (χ0n) is 20.9. The van der Waals surface area contributed by atoms with Crippen LogP contribution in [-0.2, 0) is 16.0 Å². The summed E-state index contributed by atoms with van der Waals surface area (Å²) < 4.78 is 5.71. The molecule has 3 aromatic carbocycles. The number of benzene rings is 3. The van der Waals surface area contributed by atoms with Gasteiger partial charge in [0.25, 0.3) is 0 Å². The van der Waals surface area contributed by atoms with E-state index in [1.807, 2.05) is 112 Å². The third kappa shape index (κ3) is 5.89. The molecule has 1 aliphatic heterocycles. The van der Waals surface area contributed by atoms with Gasteiger partial charge >= 0.3 is 12.0 Å². The molecular formula is C30H31N3O3. The van der Waals surface area contributed by atoms with Crippen molar-refractivity contribution in [1.82, 2.24) is 9.91 Å². The van der Waals surface area contributed by atoms with Crippen molar-refractivity contribution >= 4 is 17.7 Å². The molecule has 0 saturated carbocycles. The molecule has 0 spiro atoms. The van der Waals surface area contributed by atoms with Gasteiger partial charge in [0.05, 0.1) is 12.3 Å². The lowest BCUT2D eigenvalue weighted by atomic mass is 10.0. The molecule has 1 heterocycles. The third-order valence-corrected chi connectivity index (χ3v) is 5.68.